The number of nitrogens with zero attached hydrogens (tertiary/aromatic N) is 1. The maximum Gasteiger partial charge on any atom is 0.303 e. The number of ketones is 3. The summed E-state index contributed by atoms with van der Waals surface area (Å²) in [7, 11) is 1.77. The number of anilines is 1. The zero-order valence-electron chi connectivity index (χ0n) is 32.9. The number of carboxylic acid groups (broad SMARTS) is 1. The van der Waals surface area contributed by atoms with Crippen molar-refractivity contribution >= 4 is 46.9 Å². The number of nitrogens with one attached hydrogen (secondary N) is 4. The van der Waals surface area contributed by atoms with E-state index in [0.29, 0.717) is 88.7 Å². The lowest BCUT2D eigenvalue weighted by atomic mass is 10.0. The highest BCUT2D eigenvalue weighted by molar-refractivity contribution is 5.94. The highest BCUT2D eigenvalue weighted by Gasteiger charge is 2.20. The molecular formula is C41H67N5O8. The van der Waals surface area contributed by atoms with Crippen molar-refractivity contribution < 1.29 is 38.7 Å². The minimum absolute atomic E-state index is 0.00635. The number of aromatic nitrogens is 1. The van der Waals surface area contributed by atoms with Gasteiger partial charge in [-0.15, -0.1) is 0 Å². The van der Waals surface area contributed by atoms with E-state index in [-0.39, 0.29) is 54.3 Å². The number of hydrogen-bond donors (Lipinski definition) is 5. The maximum absolute atomic E-state index is 12.8. The first-order chi connectivity index (χ1) is 26.0. The molecule has 0 fully saturated rings. The van der Waals surface area contributed by atoms with Crippen molar-refractivity contribution in [1.29, 1.82) is 0 Å². The van der Waals surface area contributed by atoms with Gasteiger partial charge in [-0.2, -0.15) is 0 Å². The van der Waals surface area contributed by atoms with E-state index in [1.54, 1.807) is 19.2 Å². The number of pyridine rings is 1. The van der Waals surface area contributed by atoms with E-state index < -0.39 is 12.0 Å². The third-order valence-corrected chi connectivity index (χ3v) is 9.28. The number of rotatable bonds is 35. The zero-order valence-corrected chi connectivity index (χ0v) is 32.9. The van der Waals surface area contributed by atoms with E-state index in [1.807, 2.05) is 6.92 Å². The summed E-state index contributed by atoms with van der Waals surface area (Å²) in [4.78, 5) is 88.9. The van der Waals surface area contributed by atoms with E-state index in [0.717, 1.165) is 70.6 Å². The van der Waals surface area contributed by atoms with Crippen LogP contribution in [0.5, 0.6) is 0 Å². The summed E-state index contributed by atoms with van der Waals surface area (Å²) >= 11 is 0. The van der Waals surface area contributed by atoms with Crippen LogP contribution in [0.2, 0.25) is 0 Å². The Kier molecular flexibility index (Phi) is 27.7. The summed E-state index contributed by atoms with van der Waals surface area (Å²) in [5.74, 6) is -0.346. The van der Waals surface area contributed by atoms with Crippen LogP contribution in [-0.4, -0.2) is 77.3 Å². The molecule has 304 valence electrons. The number of unbranched alkanes of at least 4 members (excludes halogenated alkanes) is 10. The average Bonchev–Trinajstić information content (AvgIpc) is 3.16. The molecule has 13 heteroatoms. The lowest BCUT2D eigenvalue weighted by Gasteiger charge is -2.18. The van der Waals surface area contributed by atoms with Gasteiger partial charge in [0.05, 0.1) is 11.6 Å². The fraction of sp³-hybridized carbons (Fsp3) is 0.707. The molecule has 54 heavy (non-hydrogen) atoms. The molecule has 0 radical (unpaired) electrons. The molecule has 13 nitrogen and oxygen atoms in total. The quantitative estimate of drug-likeness (QED) is 0.0468. The van der Waals surface area contributed by atoms with Gasteiger partial charge in [-0.1, -0.05) is 45.4 Å². The second-order valence-corrected chi connectivity index (χ2v) is 14.1. The Morgan fingerprint density at radius 3 is 1.78 bits per heavy atom. The van der Waals surface area contributed by atoms with Gasteiger partial charge in [0.25, 0.3) is 5.91 Å². The van der Waals surface area contributed by atoms with Crippen LogP contribution in [0.25, 0.3) is 0 Å². The van der Waals surface area contributed by atoms with Gasteiger partial charge < -0.3 is 26.4 Å². The number of amides is 3. The minimum Gasteiger partial charge on any atom is -0.481 e. The van der Waals surface area contributed by atoms with Crippen molar-refractivity contribution in [1.82, 2.24) is 20.9 Å². The molecule has 3 amide bonds. The number of carbonyl (C=O) groups excluding carboxylic acids is 6. The molecule has 0 saturated carbocycles. The average molecular weight is 758 g/mol. The molecule has 1 atom stereocenters. The summed E-state index contributed by atoms with van der Waals surface area (Å²) < 4.78 is 0. The van der Waals surface area contributed by atoms with Crippen LogP contribution >= 0.6 is 0 Å². The molecule has 1 aromatic heterocycles. The standard InChI is InChI=1S/C41H67N5O8/c1-3-4-22-36(49)35(46-39(51)28-26-34(48)20-11-6-8-14-24-40(52)53)21-15-17-29-43-38(50)23-13-7-5-10-18-33(47)19-12-9-16-30-44-41(54)32-25-27-37(42-2)45-31-32/h25,27,31,35H,3-24,26,28-30H2,1-2H3,(H,42,45)(H,43,50)(H,44,54)(H,46,51)(H,52,53)/t35-/m0/s1. The molecule has 5 N–H and O–H groups in total. The van der Waals surface area contributed by atoms with E-state index >= 15 is 0 Å². The number of aliphatic carboxylic acids is 1. The molecule has 0 unspecified atom stereocenters. The fourth-order valence-electron chi connectivity index (χ4n) is 5.92. The summed E-state index contributed by atoms with van der Waals surface area (Å²) in [6.45, 7) is 3.06. The van der Waals surface area contributed by atoms with E-state index in [9.17, 15) is 33.6 Å². The molecule has 0 bridgehead atoms. The van der Waals surface area contributed by atoms with Crippen molar-refractivity contribution in [3.63, 3.8) is 0 Å². The largest absolute Gasteiger partial charge is 0.481 e. The van der Waals surface area contributed by atoms with Gasteiger partial charge in [0.15, 0.2) is 5.78 Å². The van der Waals surface area contributed by atoms with Gasteiger partial charge in [0.2, 0.25) is 11.8 Å². The number of hydrogen-bond acceptors (Lipinski definition) is 9. The smallest absolute Gasteiger partial charge is 0.303 e. The highest BCUT2D eigenvalue weighted by atomic mass is 16.4. The Morgan fingerprint density at radius 2 is 1.19 bits per heavy atom. The first kappa shape index (κ1) is 47.9. The van der Waals surface area contributed by atoms with Gasteiger partial charge in [-0.3, -0.25) is 33.6 Å². The molecule has 0 saturated heterocycles. The van der Waals surface area contributed by atoms with Gasteiger partial charge in [0.1, 0.15) is 17.4 Å². The maximum atomic E-state index is 12.8. The molecule has 1 heterocycles. The lowest BCUT2D eigenvalue weighted by molar-refractivity contribution is -0.137. The second-order valence-electron chi connectivity index (χ2n) is 14.1. The van der Waals surface area contributed by atoms with Crippen LogP contribution in [0.15, 0.2) is 18.3 Å². The number of carboxylic acids is 1. The Labute approximate surface area is 322 Å². The summed E-state index contributed by atoms with van der Waals surface area (Å²) in [5, 5.41) is 20.2. The van der Waals surface area contributed by atoms with Crippen LogP contribution in [0.4, 0.5) is 5.82 Å². The summed E-state index contributed by atoms with van der Waals surface area (Å²) in [6.07, 6.45) is 16.3. The van der Waals surface area contributed by atoms with Crippen molar-refractivity contribution in [2.75, 3.05) is 25.5 Å². The Balaban J connectivity index is 2.11. The first-order valence-electron chi connectivity index (χ1n) is 20.3. The normalized spacial score (nSPS) is 11.4. The van der Waals surface area contributed by atoms with Crippen LogP contribution in [0.3, 0.4) is 0 Å². The van der Waals surface area contributed by atoms with Crippen LogP contribution in [0, 0.1) is 0 Å². The van der Waals surface area contributed by atoms with Crippen LogP contribution < -0.4 is 21.3 Å². The van der Waals surface area contributed by atoms with E-state index in [1.165, 1.54) is 6.20 Å². The molecule has 0 aliphatic rings. The predicted molar refractivity (Wildman–Crippen MR) is 210 cm³/mol. The summed E-state index contributed by atoms with van der Waals surface area (Å²) in [6, 6.07) is 2.88. The third-order valence-electron chi connectivity index (χ3n) is 9.28. The monoisotopic (exact) mass is 757 g/mol. The van der Waals surface area contributed by atoms with Gasteiger partial charge >= 0.3 is 5.97 Å². The first-order valence-corrected chi connectivity index (χ1v) is 20.3. The Morgan fingerprint density at radius 1 is 0.611 bits per heavy atom. The zero-order chi connectivity index (χ0) is 39.8. The van der Waals surface area contributed by atoms with Crippen LogP contribution in [0.1, 0.15) is 171 Å². The highest BCUT2D eigenvalue weighted by Crippen LogP contribution is 2.12. The van der Waals surface area contributed by atoms with Gasteiger partial charge in [0, 0.05) is 77.7 Å². The topological polar surface area (TPSA) is 201 Å². The van der Waals surface area contributed by atoms with Gasteiger partial charge in [-0.25, -0.2) is 4.98 Å². The second kappa shape index (κ2) is 31.2. The third kappa shape index (κ3) is 25.8. The molecular weight excluding hydrogens is 690 g/mol. The van der Waals surface area contributed by atoms with Crippen molar-refractivity contribution in [3.05, 3.63) is 23.9 Å². The molecule has 0 aliphatic heterocycles. The van der Waals surface area contributed by atoms with Crippen molar-refractivity contribution in [3.8, 4) is 0 Å². The Bertz CT molecular complexity index is 1270. The van der Waals surface area contributed by atoms with E-state index in [4.69, 9.17) is 5.11 Å². The minimum atomic E-state index is -0.816. The Hall–Kier alpha value is -4.16. The predicted octanol–water partition coefficient (Wildman–Crippen LogP) is 6.63. The number of carbonyl (C=O) groups is 7. The molecule has 1 aromatic rings. The van der Waals surface area contributed by atoms with Crippen molar-refractivity contribution in [2.24, 2.45) is 0 Å². The number of Topliss-reactive ketones (excluding diaryl/α,β-unsaturated/α-hetero) is 3. The molecule has 0 aromatic carbocycles. The SMILES string of the molecule is CCCCC(=O)[C@H](CCCCNC(=O)CCCCCCC(=O)CCCCCNC(=O)c1ccc(NC)nc1)NC(=O)CCC(=O)CCCCCCC(=O)O. The summed E-state index contributed by atoms with van der Waals surface area (Å²) in [5.41, 5.74) is 0.517. The molecule has 0 spiro atoms. The van der Waals surface area contributed by atoms with Crippen LogP contribution in [-0.2, 0) is 28.8 Å². The van der Waals surface area contributed by atoms with E-state index in [2.05, 4.69) is 26.3 Å². The van der Waals surface area contributed by atoms with Gasteiger partial charge in [-0.05, 0) is 76.3 Å². The lowest BCUT2D eigenvalue weighted by Crippen LogP contribution is -2.41. The molecule has 0 aliphatic carbocycles. The molecule has 1 rings (SSSR count). The fourth-order valence-corrected chi connectivity index (χ4v) is 5.92. The van der Waals surface area contributed by atoms with Crippen molar-refractivity contribution in [2.45, 2.75) is 167 Å².